The van der Waals surface area contributed by atoms with E-state index in [1.807, 2.05) is 30.5 Å². The predicted molar refractivity (Wildman–Crippen MR) is 102 cm³/mol. The average Bonchev–Trinajstić information content (AvgIpc) is 2.75. The third kappa shape index (κ3) is 5.28. The molecular weight excluding hydrogens is 358 g/mol. The summed E-state index contributed by atoms with van der Waals surface area (Å²) in [5.41, 5.74) is 1.10. The average molecular weight is 380 g/mol. The fourth-order valence-electron chi connectivity index (χ4n) is 2.92. The van der Waals surface area contributed by atoms with Gasteiger partial charge in [0.1, 0.15) is 26.3 Å². The molecule has 0 bridgehead atoms. The molecule has 1 aliphatic heterocycles. The Bertz CT molecular complexity index is 840. The van der Waals surface area contributed by atoms with E-state index in [0.29, 0.717) is 24.3 Å². The van der Waals surface area contributed by atoms with Crippen LogP contribution in [0.5, 0.6) is 0 Å². The van der Waals surface area contributed by atoms with Gasteiger partial charge in [-0.2, -0.15) is 5.26 Å². The van der Waals surface area contributed by atoms with Crippen molar-refractivity contribution in [2.45, 2.75) is 0 Å². The third-order valence-electron chi connectivity index (χ3n) is 4.42. The summed E-state index contributed by atoms with van der Waals surface area (Å²) in [6.45, 7) is 2.38. The van der Waals surface area contributed by atoms with Crippen LogP contribution >= 0.6 is 0 Å². The number of carbonyl (C=O) groups excluding carboxylic acids is 2. The minimum atomic E-state index is -0.345. The van der Waals surface area contributed by atoms with Gasteiger partial charge < -0.3 is 15.0 Å². The molecule has 2 aromatic rings. The van der Waals surface area contributed by atoms with Gasteiger partial charge in [-0.05, 0) is 30.3 Å². The lowest BCUT2D eigenvalue weighted by molar-refractivity contribution is -0.364. The van der Waals surface area contributed by atoms with E-state index in [9.17, 15) is 9.59 Å². The van der Waals surface area contributed by atoms with Gasteiger partial charge in [0.15, 0.2) is 0 Å². The maximum atomic E-state index is 12.3. The first-order chi connectivity index (χ1) is 13.7. The minimum Gasteiger partial charge on any atom is -0.362 e. The van der Waals surface area contributed by atoms with Gasteiger partial charge in [-0.15, -0.1) is 0 Å². The number of aromatic amines is 1. The molecule has 0 unspecified atom stereocenters. The first-order valence-corrected chi connectivity index (χ1v) is 9.03. The molecule has 28 heavy (non-hydrogen) atoms. The Morgan fingerprint density at radius 3 is 2.46 bits per heavy atom. The molecule has 1 fully saturated rings. The van der Waals surface area contributed by atoms with Crippen molar-refractivity contribution in [3.8, 4) is 6.07 Å². The van der Waals surface area contributed by atoms with E-state index in [0.717, 1.165) is 18.9 Å². The Labute approximate surface area is 163 Å². The lowest BCUT2D eigenvalue weighted by Gasteiger charge is -2.30. The molecule has 0 saturated carbocycles. The summed E-state index contributed by atoms with van der Waals surface area (Å²) >= 11 is 0. The van der Waals surface area contributed by atoms with Crippen molar-refractivity contribution in [3.05, 3.63) is 54.2 Å². The molecule has 2 amide bonds. The van der Waals surface area contributed by atoms with E-state index in [1.54, 1.807) is 29.2 Å². The van der Waals surface area contributed by atoms with Crippen LogP contribution in [0.3, 0.4) is 0 Å². The van der Waals surface area contributed by atoms with E-state index < -0.39 is 0 Å². The summed E-state index contributed by atoms with van der Waals surface area (Å²) < 4.78 is 5.26. The third-order valence-corrected chi connectivity index (χ3v) is 4.42. The maximum Gasteiger partial charge on any atom is 0.274 e. The molecule has 3 rings (SSSR count). The number of piperazine rings is 1. The molecule has 0 atom stereocenters. The fraction of sp³-hybridized carbons (Fsp3) is 0.300. The number of nitriles is 1. The molecule has 1 aromatic carbocycles. The zero-order valence-electron chi connectivity index (χ0n) is 15.4. The molecule has 0 radical (unpaired) electrons. The summed E-state index contributed by atoms with van der Waals surface area (Å²) in [5, 5.41) is 11.4. The van der Waals surface area contributed by atoms with Crippen LogP contribution in [-0.2, 0) is 14.3 Å². The van der Waals surface area contributed by atoms with Crippen molar-refractivity contribution in [3.63, 3.8) is 0 Å². The van der Waals surface area contributed by atoms with Crippen LogP contribution in [0.15, 0.2) is 48.7 Å². The molecule has 1 aromatic heterocycles. The summed E-state index contributed by atoms with van der Waals surface area (Å²) in [6.07, 6.45) is 1.88. The number of rotatable bonds is 6. The Balaban J connectivity index is 1.36. The van der Waals surface area contributed by atoms with Crippen LogP contribution in [-0.4, -0.2) is 56.1 Å². The number of ether oxygens (including phenoxy) is 1. The second-order valence-electron chi connectivity index (χ2n) is 6.35. The van der Waals surface area contributed by atoms with Gasteiger partial charge >= 0.3 is 0 Å². The van der Waals surface area contributed by atoms with Gasteiger partial charge in [-0.1, -0.05) is 6.07 Å². The van der Waals surface area contributed by atoms with E-state index in [4.69, 9.17) is 10.00 Å². The molecule has 0 aliphatic carbocycles. The van der Waals surface area contributed by atoms with Crippen LogP contribution < -0.4 is 15.2 Å². The highest BCUT2D eigenvalue weighted by atomic mass is 16.5. The second kappa shape index (κ2) is 9.48. The number of H-pyrrole nitrogens is 1. The highest BCUT2D eigenvalue weighted by molar-refractivity contribution is 5.91. The van der Waals surface area contributed by atoms with Crippen LogP contribution in [0.4, 0.5) is 11.5 Å². The highest BCUT2D eigenvalue weighted by Gasteiger charge is 2.26. The van der Waals surface area contributed by atoms with E-state index in [2.05, 4.69) is 15.2 Å². The molecule has 1 aliphatic rings. The monoisotopic (exact) mass is 380 g/mol. The second-order valence-corrected chi connectivity index (χ2v) is 6.35. The lowest BCUT2D eigenvalue weighted by atomic mass is 10.2. The van der Waals surface area contributed by atoms with Crippen molar-refractivity contribution < 1.29 is 19.3 Å². The Morgan fingerprint density at radius 1 is 1.07 bits per heavy atom. The van der Waals surface area contributed by atoms with Crippen molar-refractivity contribution in [1.82, 2.24) is 4.90 Å². The number of aromatic nitrogens is 1. The molecule has 0 spiro atoms. The normalized spacial score (nSPS) is 13.7. The molecule has 144 valence electrons. The first-order valence-electron chi connectivity index (χ1n) is 9.03. The van der Waals surface area contributed by atoms with Crippen molar-refractivity contribution in [2.24, 2.45) is 0 Å². The molecule has 8 heteroatoms. The van der Waals surface area contributed by atoms with E-state index >= 15 is 0 Å². The number of pyridine rings is 1. The lowest BCUT2D eigenvalue weighted by Crippen LogP contribution is -2.51. The van der Waals surface area contributed by atoms with Gasteiger partial charge in [0.25, 0.3) is 5.82 Å². The van der Waals surface area contributed by atoms with Crippen molar-refractivity contribution >= 4 is 23.3 Å². The molecule has 8 nitrogen and oxygen atoms in total. The van der Waals surface area contributed by atoms with Gasteiger partial charge in [0, 0.05) is 11.8 Å². The van der Waals surface area contributed by atoms with E-state index in [-0.39, 0.29) is 25.0 Å². The summed E-state index contributed by atoms with van der Waals surface area (Å²) in [6, 6.07) is 14.4. The fourth-order valence-corrected chi connectivity index (χ4v) is 2.92. The van der Waals surface area contributed by atoms with Gasteiger partial charge in [-0.25, -0.2) is 4.98 Å². The summed E-state index contributed by atoms with van der Waals surface area (Å²) in [5.74, 6) is 0.565. The topological polar surface area (TPSA) is 99.8 Å². The Morgan fingerprint density at radius 2 is 1.82 bits per heavy atom. The van der Waals surface area contributed by atoms with Crippen LogP contribution in [0.1, 0.15) is 5.56 Å². The van der Waals surface area contributed by atoms with Gasteiger partial charge in [0.05, 0.1) is 30.9 Å². The number of benzene rings is 1. The number of nitrogens with zero attached hydrogens (tertiary/aromatic N) is 3. The van der Waals surface area contributed by atoms with Gasteiger partial charge in [-0.3, -0.25) is 14.5 Å². The summed E-state index contributed by atoms with van der Waals surface area (Å²) in [4.78, 5) is 31.3. The standard InChI is InChI=1S/C20H21N5O3/c21-13-16-4-6-17(7-5-16)23-19(26)14-28-15-20(27)25-11-9-24(10-12-25)18-3-1-2-8-22-18/h1-8H,9-12,14-15H2,(H,23,26)/p+1. The highest BCUT2D eigenvalue weighted by Crippen LogP contribution is 2.10. The van der Waals surface area contributed by atoms with Crippen molar-refractivity contribution in [2.75, 3.05) is 49.6 Å². The Kier molecular flexibility index (Phi) is 6.54. The number of hydrogen-bond donors (Lipinski definition) is 1. The summed E-state index contributed by atoms with van der Waals surface area (Å²) in [7, 11) is 0. The molecular formula is C20H22N5O3+. The zero-order chi connectivity index (χ0) is 19.8. The number of anilines is 2. The smallest absolute Gasteiger partial charge is 0.274 e. The quantitative estimate of drug-likeness (QED) is 0.794. The molecule has 1 saturated heterocycles. The minimum absolute atomic E-state index is 0.122. The SMILES string of the molecule is N#Cc1ccc(NC(=O)COCC(=O)N2CCN(c3cccc[nH+]3)CC2)cc1. The van der Waals surface area contributed by atoms with Gasteiger partial charge in [0.2, 0.25) is 11.8 Å². The number of carbonyl (C=O) groups is 2. The van der Waals surface area contributed by atoms with Crippen LogP contribution in [0.2, 0.25) is 0 Å². The molecule has 2 heterocycles. The number of nitrogens with one attached hydrogen (secondary N) is 2. The molecule has 2 N–H and O–H groups in total. The predicted octanol–water partition coefficient (Wildman–Crippen LogP) is 0.676. The van der Waals surface area contributed by atoms with E-state index in [1.165, 1.54) is 0 Å². The first kappa shape index (κ1) is 19.3. The van der Waals surface area contributed by atoms with Crippen LogP contribution in [0, 0.1) is 11.3 Å². The largest absolute Gasteiger partial charge is 0.362 e. The zero-order valence-corrected chi connectivity index (χ0v) is 15.4. The number of amides is 2. The maximum absolute atomic E-state index is 12.3. The van der Waals surface area contributed by atoms with Crippen LogP contribution in [0.25, 0.3) is 0 Å². The van der Waals surface area contributed by atoms with Crippen molar-refractivity contribution in [1.29, 1.82) is 5.26 Å². The number of hydrogen-bond acceptors (Lipinski definition) is 5. The Hall–Kier alpha value is -3.44.